The lowest BCUT2D eigenvalue weighted by Crippen LogP contribution is -2.33. The highest BCUT2D eigenvalue weighted by Crippen LogP contribution is 2.38. The number of hydrogen-bond donors (Lipinski definition) is 1. The van der Waals surface area contributed by atoms with Crippen molar-refractivity contribution in [1.82, 2.24) is 4.98 Å². The lowest BCUT2D eigenvalue weighted by Gasteiger charge is -2.32. The largest absolute Gasteiger partial charge is 0.481 e. The molecule has 31 heavy (non-hydrogen) atoms. The molecule has 1 heterocycles. The van der Waals surface area contributed by atoms with Gasteiger partial charge in [-0.2, -0.15) is 0 Å². The number of carbonyl (C=O) groups is 2. The standard InChI is InChI=1S/C27H41NO3/c1-27(18-10-5-11-19-27)25(29)20-22(26(30)31)13-6-3-2-4-7-14-23-17-16-21-12-8-9-15-24(21)28-23/h16-17,22H,2-15,18-20H2,1H3,(H,30,31)/t22-/m1/s1. The van der Waals surface area contributed by atoms with Gasteiger partial charge in [0.1, 0.15) is 5.78 Å². The molecule has 0 amide bonds. The van der Waals surface area contributed by atoms with Gasteiger partial charge < -0.3 is 5.11 Å². The molecule has 1 N–H and O–H groups in total. The van der Waals surface area contributed by atoms with E-state index in [1.807, 2.05) is 6.92 Å². The average molecular weight is 428 g/mol. The topological polar surface area (TPSA) is 67.3 Å². The number of carboxylic acids is 1. The summed E-state index contributed by atoms with van der Waals surface area (Å²) in [7, 11) is 0. The maximum Gasteiger partial charge on any atom is 0.306 e. The molecule has 0 bridgehead atoms. The second kappa shape index (κ2) is 11.8. The third-order valence-electron chi connectivity index (χ3n) is 7.63. The van der Waals surface area contributed by atoms with Gasteiger partial charge in [0.2, 0.25) is 0 Å². The zero-order valence-corrected chi connectivity index (χ0v) is 19.5. The number of aromatic nitrogens is 1. The molecule has 1 atom stereocenters. The summed E-state index contributed by atoms with van der Waals surface area (Å²) in [5.41, 5.74) is 3.71. The Kier molecular flexibility index (Phi) is 9.10. The van der Waals surface area contributed by atoms with E-state index in [2.05, 4.69) is 12.1 Å². The van der Waals surface area contributed by atoms with E-state index in [9.17, 15) is 14.7 Å². The molecule has 2 aliphatic rings. The van der Waals surface area contributed by atoms with E-state index in [0.717, 1.165) is 70.6 Å². The van der Waals surface area contributed by atoms with Crippen LogP contribution in [0.15, 0.2) is 12.1 Å². The number of carbonyl (C=O) groups excluding carboxylic acids is 1. The lowest BCUT2D eigenvalue weighted by molar-refractivity contribution is -0.145. The highest BCUT2D eigenvalue weighted by atomic mass is 16.4. The number of aliphatic carboxylic acids is 1. The van der Waals surface area contributed by atoms with Crippen LogP contribution in [0.5, 0.6) is 0 Å². The molecule has 0 aliphatic heterocycles. The van der Waals surface area contributed by atoms with E-state index in [-0.39, 0.29) is 17.6 Å². The minimum absolute atomic E-state index is 0.178. The molecule has 172 valence electrons. The Balaban J connectivity index is 1.31. The minimum atomic E-state index is -0.800. The molecule has 0 saturated heterocycles. The maximum absolute atomic E-state index is 12.8. The van der Waals surface area contributed by atoms with Gasteiger partial charge in [0.05, 0.1) is 5.92 Å². The van der Waals surface area contributed by atoms with Crippen LogP contribution in [0.2, 0.25) is 0 Å². The van der Waals surface area contributed by atoms with Gasteiger partial charge in [0.25, 0.3) is 0 Å². The molecule has 1 aromatic heterocycles. The monoisotopic (exact) mass is 427 g/mol. The van der Waals surface area contributed by atoms with Gasteiger partial charge >= 0.3 is 5.97 Å². The number of pyridine rings is 1. The fourth-order valence-corrected chi connectivity index (χ4v) is 5.39. The summed E-state index contributed by atoms with van der Waals surface area (Å²) in [6.45, 7) is 2.05. The molecule has 1 aromatic rings. The van der Waals surface area contributed by atoms with Crippen LogP contribution in [-0.4, -0.2) is 21.8 Å². The number of hydrogen-bond acceptors (Lipinski definition) is 3. The summed E-state index contributed by atoms with van der Waals surface area (Å²) >= 11 is 0. The molecule has 1 saturated carbocycles. The van der Waals surface area contributed by atoms with Crippen molar-refractivity contribution >= 4 is 11.8 Å². The summed E-state index contributed by atoms with van der Waals surface area (Å²) in [6, 6.07) is 4.48. The predicted octanol–water partition coefficient (Wildman–Crippen LogP) is 6.47. The van der Waals surface area contributed by atoms with Crippen molar-refractivity contribution in [3.05, 3.63) is 29.1 Å². The summed E-state index contributed by atoms with van der Waals surface area (Å²) in [6.07, 6.45) is 17.4. The second-order valence-electron chi connectivity index (χ2n) is 10.2. The molecular weight excluding hydrogens is 386 g/mol. The van der Waals surface area contributed by atoms with Crippen LogP contribution in [0.1, 0.15) is 114 Å². The molecule has 4 nitrogen and oxygen atoms in total. The number of carboxylic acid groups (broad SMARTS) is 1. The van der Waals surface area contributed by atoms with Crippen molar-refractivity contribution < 1.29 is 14.7 Å². The zero-order chi connectivity index (χ0) is 22.1. The molecule has 0 spiro atoms. The van der Waals surface area contributed by atoms with Crippen LogP contribution in [0.3, 0.4) is 0 Å². The van der Waals surface area contributed by atoms with Gasteiger partial charge in [-0.05, 0) is 69.4 Å². The Hall–Kier alpha value is -1.71. The smallest absolute Gasteiger partial charge is 0.306 e. The first-order valence-corrected chi connectivity index (χ1v) is 12.7. The molecule has 3 rings (SSSR count). The number of unbranched alkanes of at least 4 members (excludes halogenated alkanes) is 4. The van der Waals surface area contributed by atoms with Gasteiger partial charge in [-0.1, -0.05) is 57.9 Å². The van der Waals surface area contributed by atoms with Crippen molar-refractivity contribution in [1.29, 1.82) is 0 Å². The van der Waals surface area contributed by atoms with E-state index >= 15 is 0 Å². The Morgan fingerprint density at radius 3 is 2.45 bits per heavy atom. The van der Waals surface area contributed by atoms with Crippen LogP contribution >= 0.6 is 0 Å². The first-order chi connectivity index (χ1) is 15.0. The SMILES string of the molecule is CC1(C(=O)C[C@@H](CCCCCCCc2ccc3c(n2)CCCC3)C(=O)O)CCCCC1. The van der Waals surface area contributed by atoms with E-state index in [0.29, 0.717) is 6.42 Å². The van der Waals surface area contributed by atoms with Crippen LogP contribution < -0.4 is 0 Å². The summed E-state index contributed by atoms with van der Waals surface area (Å²) in [5, 5.41) is 9.60. The summed E-state index contributed by atoms with van der Waals surface area (Å²) in [5.74, 6) is -1.13. The molecule has 4 heteroatoms. The summed E-state index contributed by atoms with van der Waals surface area (Å²) in [4.78, 5) is 29.3. The number of rotatable bonds is 12. The lowest BCUT2D eigenvalue weighted by atomic mass is 9.70. The Morgan fingerprint density at radius 2 is 1.68 bits per heavy atom. The predicted molar refractivity (Wildman–Crippen MR) is 124 cm³/mol. The maximum atomic E-state index is 12.8. The van der Waals surface area contributed by atoms with Crippen LogP contribution in [-0.2, 0) is 28.9 Å². The molecule has 2 aliphatic carbocycles. The number of fused-ring (bicyclic) bond motifs is 1. The van der Waals surface area contributed by atoms with Crippen molar-refractivity contribution in [3.8, 4) is 0 Å². The molecular formula is C27H41NO3. The molecule has 0 radical (unpaired) electrons. The van der Waals surface area contributed by atoms with Crippen molar-refractivity contribution in [2.45, 2.75) is 116 Å². The van der Waals surface area contributed by atoms with E-state index in [4.69, 9.17) is 4.98 Å². The normalized spacial score (nSPS) is 18.9. The number of ketones is 1. The van der Waals surface area contributed by atoms with Crippen molar-refractivity contribution in [2.75, 3.05) is 0 Å². The van der Waals surface area contributed by atoms with Crippen LogP contribution in [0.4, 0.5) is 0 Å². The fourth-order valence-electron chi connectivity index (χ4n) is 5.39. The highest BCUT2D eigenvalue weighted by Gasteiger charge is 2.36. The van der Waals surface area contributed by atoms with Gasteiger partial charge in [-0.15, -0.1) is 0 Å². The Morgan fingerprint density at radius 1 is 0.968 bits per heavy atom. The van der Waals surface area contributed by atoms with Gasteiger partial charge in [0.15, 0.2) is 0 Å². The van der Waals surface area contributed by atoms with E-state index in [1.165, 1.54) is 42.6 Å². The van der Waals surface area contributed by atoms with Crippen molar-refractivity contribution in [3.63, 3.8) is 0 Å². The third kappa shape index (κ3) is 7.15. The molecule has 0 aromatic carbocycles. The average Bonchev–Trinajstić information content (AvgIpc) is 2.77. The number of nitrogens with zero attached hydrogens (tertiary/aromatic N) is 1. The molecule has 0 unspecified atom stereocenters. The van der Waals surface area contributed by atoms with Gasteiger partial charge in [-0.25, -0.2) is 0 Å². The summed E-state index contributed by atoms with van der Waals surface area (Å²) < 4.78 is 0. The second-order valence-corrected chi connectivity index (χ2v) is 10.2. The van der Waals surface area contributed by atoms with Crippen LogP contribution in [0, 0.1) is 11.3 Å². The Labute approximate surface area is 188 Å². The minimum Gasteiger partial charge on any atom is -0.481 e. The fraction of sp³-hybridized carbons (Fsp3) is 0.741. The van der Waals surface area contributed by atoms with E-state index < -0.39 is 11.9 Å². The third-order valence-corrected chi connectivity index (χ3v) is 7.63. The van der Waals surface area contributed by atoms with Gasteiger partial charge in [-0.3, -0.25) is 14.6 Å². The quantitative estimate of drug-likeness (QED) is 0.388. The van der Waals surface area contributed by atoms with Gasteiger partial charge in [0, 0.05) is 23.2 Å². The Bertz CT molecular complexity index is 736. The van der Waals surface area contributed by atoms with E-state index in [1.54, 1.807) is 0 Å². The number of aryl methyl sites for hydroxylation is 3. The number of Topliss-reactive ketones (excluding diaryl/α,β-unsaturated/α-hetero) is 1. The van der Waals surface area contributed by atoms with Crippen LogP contribution in [0.25, 0.3) is 0 Å². The highest BCUT2D eigenvalue weighted by molar-refractivity contribution is 5.88. The zero-order valence-electron chi connectivity index (χ0n) is 19.5. The first-order valence-electron chi connectivity index (χ1n) is 12.7. The molecule has 1 fully saturated rings. The first kappa shape index (κ1) is 23.9. The van der Waals surface area contributed by atoms with Crippen molar-refractivity contribution in [2.24, 2.45) is 11.3 Å².